The standard InChI is InChI=1S/C14H11N3OS/c15-14(18)12-8-17(11-4-2-1-3-5-11)16-13(12)10-6-7-19-9-10/h1-9H,(H2,15,18). The van der Waals surface area contributed by atoms with Gasteiger partial charge in [-0.3, -0.25) is 4.79 Å². The Labute approximate surface area is 114 Å². The monoisotopic (exact) mass is 269 g/mol. The molecule has 2 heterocycles. The molecule has 0 bridgehead atoms. The van der Waals surface area contributed by atoms with Crippen LogP contribution in [-0.2, 0) is 0 Å². The first kappa shape index (κ1) is 11.7. The molecule has 94 valence electrons. The Hall–Kier alpha value is -2.40. The highest BCUT2D eigenvalue weighted by Gasteiger charge is 2.16. The van der Waals surface area contributed by atoms with Gasteiger partial charge in [-0.25, -0.2) is 4.68 Å². The van der Waals surface area contributed by atoms with E-state index < -0.39 is 5.91 Å². The Balaban J connectivity index is 2.15. The highest BCUT2D eigenvalue weighted by Crippen LogP contribution is 2.25. The zero-order chi connectivity index (χ0) is 13.2. The first-order valence-corrected chi connectivity index (χ1v) is 6.67. The van der Waals surface area contributed by atoms with Gasteiger partial charge in [-0.15, -0.1) is 0 Å². The minimum atomic E-state index is -0.469. The van der Waals surface area contributed by atoms with Crippen molar-refractivity contribution in [2.24, 2.45) is 5.73 Å². The third-order valence-corrected chi connectivity index (χ3v) is 3.48. The third-order valence-electron chi connectivity index (χ3n) is 2.80. The first-order valence-electron chi connectivity index (χ1n) is 5.73. The molecular weight excluding hydrogens is 258 g/mol. The molecule has 0 radical (unpaired) electrons. The van der Waals surface area contributed by atoms with E-state index in [2.05, 4.69) is 5.10 Å². The molecule has 0 spiro atoms. The van der Waals surface area contributed by atoms with Gasteiger partial charge in [-0.05, 0) is 23.6 Å². The maximum absolute atomic E-state index is 11.5. The van der Waals surface area contributed by atoms with E-state index >= 15 is 0 Å². The number of rotatable bonds is 3. The molecule has 0 aliphatic heterocycles. The van der Waals surface area contributed by atoms with Crippen molar-refractivity contribution in [1.29, 1.82) is 0 Å². The fraction of sp³-hybridized carbons (Fsp3) is 0. The van der Waals surface area contributed by atoms with Crippen molar-refractivity contribution in [3.8, 4) is 16.9 Å². The molecule has 0 aliphatic carbocycles. The zero-order valence-corrected chi connectivity index (χ0v) is 10.8. The molecule has 2 N–H and O–H groups in total. The van der Waals surface area contributed by atoms with Crippen molar-refractivity contribution >= 4 is 17.2 Å². The lowest BCUT2D eigenvalue weighted by Crippen LogP contribution is -2.11. The van der Waals surface area contributed by atoms with Crippen LogP contribution in [-0.4, -0.2) is 15.7 Å². The molecule has 1 aromatic carbocycles. The normalized spacial score (nSPS) is 10.5. The molecule has 5 heteroatoms. The van der Waals surface area contributed by atoms with E-state index in [1.165, 1.54) is 0 Å². The molecule has 2 aromatic heterocycles. The van der Waals surface area contributed by atoms with Crippen LogP contribution in [0.15, 0.2) is 53.4 Å². The van der Waals surface area contributed by atoms with E-state index in [0.29, 0.717) is 11.3 Å². The van der Waals surface area contributed by atoms with E-state index in [1.54, 1.807) is 22.2 Å². The number of thiophene rings is 1. The van der Waals surface area contributed by atoms with Gasteiger partial charge in [0.05, 0.1) is 11.3 Å². The van der Waals surface area contributed by atoms with Gasteiger partial charge in [0.2, 0.25) is 0 Å². The summed E-state index contributed by atoms with van der Waals surface area (Å²) in [6, 6.07) is 11.6. The molecule has 1 amide bonds. The largest absolute Gasteiger partial charge is 0.365 e. The highest BCUT2D eigenvalue weighted by atomic mass is 32.1. The highest BCUT2D eigenvalue weighted by molar-refractivity contribution is 7.08. The summed E-state index contributed by atoms with van der Waals surface area (Å²) in [5, 5.41) is 8.36. The van der Waals surface area contributed by atoms with Crippen molar-refractivity contribution in [3.63, 3.8) is 0 Å². The second-order valence-electron chi connectivity index (χ2n) is 4.05. The summed E-state index contributed by atoms with van der Waals surface area (Å²) in [5.74, 6) is -0.469. The summed E-state index contributed by atoms with van der Waals surface area (Å²) in [4.78, 5) is 11.5. The summed E-state index contributed by atoms with van der Waals surface area (Å²) in [7, 11) is 0. The summed E-state index contributed by atoms with van der Waals surface area (Å²) in [6.45, 7) is 0. The first-order chi connectivity index (χ1) is 9.25. The summed E-state index contributed by atoms with van der Waals surface area (Å²) < 4.78 is 1.67. The number of hydrogen-bond donors (Lipinski definition) is 1. The van der Waals surface area contributed by atoms with Crippen molar-refractivity contribution in [1.82, 2.24) is 9.78 Å². The smallest absolute Gasteiger partial charge is 0.252 e. The number of para-hydroxylation sites is 1. The minimum Gasteiger partial charge on any atom is -0.365 e. The number of primary amides is 1. The molecule has 4 nitrogen and oxygen atoms in total. The molecular formula is C14H11N3OS. The average molecular weight is 269 g/mol. The van der Waals surface area contributed by atoms with Gasteiger partial charge < -0.3 is 5.73 Å². The van der Waals surface area contributed by atoms with Crippen LogP contribution in [0.3, 0.4) is 0 Å². The minimum absolute atomic E-state index is 0.433. The number of amides is 1. The van der Waals surface area contributed by atoms with Crippen LogP contribution in [0, 0.1) is 0 Å². The Morgan fingerprint density at radius 1 is 1.21 bits per heavy atom. The molecule has 19 heavy (non-hydrogen) atoms. The molecule has 3 aromatic rings. The van der Waals surface area contributed by atoms with E-state index in [4.69, 9.17) is 5.73 Å². The van der Waals surface area contributed by atoms with E-state index in [9.17, 15) is 4.79 Å². The summed E-state index contributed by atoms with van der Waals surface area (Å²) in [6.07, 6.45) is 1.67. The number of aromatic nitrogens is 2. The van der Waals surface area contributed by atoms with Crippen molar-refractivity contribution in [3.05, 3.63) is 58.9 Å². The predicted molar refractivity (Wildman–Crippen MR) is 75.4 cm³/mol. The van der Waals surface area contributed by atoms with Gasteiger partial charge in [0.1, 0.15) is 5.69 Å². The van der Waals surface area contributed by atoms with Crippen LogP contribution in [0.25, 0.3) is 16.9 Å². The van der Waals surface area contributed by atoms with Crippen LogP contribution in [0.5, 0.6) is 0 Å². The topological polar surface area (TPSA) is 60.9 Å². The number of nitrogens with zero attached hydrogens (tertiary/aromatic N) is 2. The number of carbonyl (C=O) groups excluding carboxylic acids is 1. The summed E-state index contributed by atoms with van der Waals surface area (Å²) >= 11 is 1.56. The van der Waals surface area contributed by atoms with Crippen molar-refractivity contribution < 1.29 is 4.79 Å². The van der Waals surface area contributed by atoms with Gasteiger partial charge in [0, 0.05) is 17.1 Å². The van der Waals surface area contributed by atoms with E-state index in [0.717, 1.165) is 11.3 Å². The maximum atomic E-state index is 11.5. The van der Waals surface area contributed by atoms with Gasteiger partial charge in [0.15, 0.2) is 0 Å². The SMILES string of the molecule is NC(=O)c1cn(-c2ccccc2)nc1-c1ccsc1. The summed E-state index contributed by atoms with van der Waals surface area (Å²) in [5.41, 5.74) is 8.28. The Morgan fingerprint density at radius 3 is 2.63 bits per heavy atom. The molecule has 0 saturated heterocycles. The third kappa shape index (κ3) is 2.15. The quantitative estimate of drug-likeness (QED) is 0.794. The number of hydrogen-bond acceptors (Lipinski definition) is 3. The number of carbonyl (C=O) groups is 1. The lowest BCUT2D eigenvalue weighted by atomic mass is 10.1. The zero-order valence-electron chi connectivity index (χ0n) is 9.98. The lowest BCUT2D eigenvalue weighted by Gasteiger charge is -1.99. The molecule has 0 saturated carbocycles. The van der Waals surface area contributed by atoms with Crippen LogP contribution in [0.2, 0.25) is 0 Å². The van der Waals surface area contributed by atoms with Gasteiger partial charge in [-0.1, -0.05) is 18.2 Å². The number of nitrogens with two attached hydrogens (primary N) is 1. The molecule has 0 atom stereocenters. The molecule has 3 rings (SSSR count). The number of benzene rings is 1. The van der Waals surface area contributed by atoms with Crippen molar-refractivity contribution in [2.45, 2.75) is 0 Å². The van der Waals surface area contributed by atoms with Crippen LogP contribution in [0.4, 0.5) is 0 Å². The molecule has 0 unspecified atom stereocenters. The average Bonchev–Trinajstić information content (AvgIpc) is 3.08. The van der Waals surface area contributed by atoms with Gasteiger partial charge in [-0.2, -0.15) is 16.4 Å². The maximum Gasteiger partial charge on any atom is 0.252 e. The van der Waals surface area contributed by atoms with Gasteiger partial charge >= 0.3 is 0 Å². The second kappa shape index (κ2) is 4.70. The second-order valence-corrected chi connectivity index (χ2v) is 4.83. The van der Waals surface area contributed by atoms with Crippen LogP contribution >= 0.6 is 11.3 Å². The Kier molecular flexibility index (Phi) is 2.89. The Bertz CT molecular complexity index is 702. The molecule has 0 aliphatic rings. The Morgan fingerprint density at radius 2 is 2.00 bits per heavy atom. The fourth-order valence-electron chi connectivity index (χ4n) is 1.88. The predicted octanol–water partition coefficient (Wildman–Crippen LogP) is 2.70. The van der Waals surface area contributed by atoms with Crippen LogP contribution < -0.4 is 5.73 Å². The fourth-order valence-corrected chi connectivity index (χ4v) is 2.52. The van der Waals surface area contributed by atoms with Crippen molar-refractivity contribution in [2.75, 3.05) is 0 Å². The molecule has 0 fully saturated rings. The van der Waals surface area contributed by atoms with Crippen LogP contribution in [0.1, 0.15) is 10.4 Å². The lowest BCUT2D eigenvalue weighted by molar-refractivity contribution is 0.100. The van der Waals surface area contributed by atoms with E-state index in [-0.39, 0.29) is 0 Å². The van der Waals surface area contributed by atoms with Gasteiger partial charge in [0.25, 0.3) is 5.91 Å². The van der Waals surface area contributed by atoms with E-state index in [1.807, 2.05) is 47.2 Å².